The van der Waals surface area contributed by atoms with Gasteiger partial charge in [-0.2, -0.15) is 4.31 Å². The molecular weight excluding hydrogens is 534 g/mol. The van der Waals surface area contributed by atoms with E-state index in [9.17, 15) is 13.2 Å². The topological polar surface area (TPSA) is 78.9 Å². The zero-order chi connectivity index (χ0) is 28.7. The molecule has 4 aromatic rings. The Labute approximate surface area is 242 Å². The maximum atomic E-state index is 13.5. The molecule has 0 saturated carbocycles. The second kappa shape index (κ2) is 13.1. The molecule has 1 heterocycles. The molecule has 212 valence electrons. The molecular formula is C33H35N3O4S. The van der Waals surface area contributed by atoms with Crippen molar-refractivity contribution in [1.29, 1.82) is 0 Å². The quantitative estimate of drug-likeness (QED) is 0.260. The lowest BCUT2D eigenvalue weighted by Crippen LogP contribution is -2.49. The van der Waals surface area contributed by atoms with E-state index in [0.29, 0.717) is 49.8 Å². The molecule has 0 spiro atoms. The first-order valence-electron chi connectivity index (χ1n) is 13.9. The van der Waals surface area contributed by atoms with Gasteiger partial charge in [0.05, 0.1) is 17.5 Å². The van der Waals surface area contributed by atoms with E-state index in [2.05, 4.69) is 34.5 Å². The maximum absolute atomic E-state index is 13.5. The van der Waals surface area contributed by atoms with Crippen molar-refractivity contribution in [3.63, 3.8) is 0 Å². The van der Waals surface area contributed by atoms with E-state index in [-0.39, 0.29) is 16.8 Å². The monoisotopic (exact) mass is 569 g/mol. The molecule has 1 saturated heterocycles. The number of anilines is 1. The van der Waals surface area contributed by atoms with Crippen molar-refractivity contribution >= 4 is 21.6 Å². The van der Waals surface area contributed by atoms with Gasteiger partial charge in [0.2, 0.25) is 10.0 Å². The molecule has 0 unspecified atom stereocenters. The van der Waals surface area contributed by atoms with Crippen LogP contribution in [0, 0.1) is 0 Å². The zero-order valence-corrected chi connectivity index (χ0v) is 24.0. The van der Waals surface area contributed by atoms with Gasteiger partial charge >= 0.3 is 0 Å². The Morgan fingerprint density at radius 2 is 1.41 bits per heavy atom. The average Bonchev–Trinajstić information content (AvgIpc) is 3.02. The first-order chi connectivity index (χ1) is 20.0. The van der Waals surface area contributed by atoms with E-state index in [1.54, 1.807) is 46.8 Å². The van der Waals surface area contributed by atoms with Gasteiger partial charge in [-0.15, -0.1) is 0 Å². The Morgan fingerprint density at radius 3 is 2.00 bits per heavy atom. The summed E-state index contributed by atoms with van der Waals surface area (Å²) in [5, 5.41) is 2.84. The predicted octanol–water partition coefficient (Wildman–Crippen LogP) is 5.82. The number of hydrogen-bond donors (Lipinski definition) is 1. The molecule has 0 radical (unpaired) electrons. The number of nitrogens with zero attached hydrogens (tertiary/aromatic N) is 2. The number of nitrogens with one attached hydrogen (secondary N) is 1. The molecule has 0 aromatic heterocycles. The molecule has 1 N–H and O–H groups in total. The highest BCUT2D eigenvalue weighted by Gasteiger charge is 2.32. The van der Waals surface area contributed by atoms with E-state index in [4.69, 9.17) is 4.74 Å². The molecule has 0 atom stereocenters. The van der Waals surface area contributed by atoms with Crippen LogP contribution in [0.2, 0.25) is 0 Å². The van der Waals surface area contributed by atoms with Gasteiger partial charge in [-0.1, -0.05) is 73.7 Å². The van der Waals surface area contributed by atoms with Gasteiger partial charge in [0.1, 0.15) is 5.75 Å². The average molecular weight is 570 g/mol. The first kappa shape index (κ1) is 28.5. The normalized spacial score (nSPS) is 14.6. The van der Waals surface area contributed by atoms with Crippen LogP contribution in [0.15, 0.2) is 114 Å². The Kier molecular flexibility index (Phi) is 9.14. The number of carbonyl (C=O) groups excluding carboxylic acids is 1. The molecule has 7 nitrogen and oxygen atoms in total. The van der Waals surface area contributed by atoms with Gasteiger partial charge < -0.3 is 10.1 Å². The molecule has 0 aliphatic carbocycles. The van der Waals surface area contributed by atoms with Crippen molar-refractivity contribution in [2.75, 3.05) is 38.1 Å². The van der Waals surface area contributed by atoms with Crippen molar-refractivity contribution in [3.8, 4) is 5.75 Å². The molecule has 1 amide bonds. The molecule has 4 aromatic carbocycles. The minimum absolute atomic E-state index is 0.0593. The van der Waals surface area contributed by atoms with Crippen molar-refractivity contribution in [2.45, 2.75) is 24.3 Å². The summed E-state index contributed by atoms with van der Waals surface area (Å²) < 4.78 is 34.1. The lowest BCUT2D eigenvalue weighted by Gasteiger charge is -2.39. The number of benzene rings is 4. The summed E-state index contributed by atoms with van der Waals surface area (Å²) in [5.74, 6) is 0.352. The number of sulfonamides is 1. The van der Waals surface area contributed by atoms with Crippen molar-refractivity contribution in [2.24, 2.45) is 0 Å². The van der Waals surface area contributed by atoms with Gasteiger partial charge in [-0.25, -0.2) is 8.42 Å². The van der Waals surface area contributed by atoms with Gasteiger partial charge in [0, 0.05) is 37.4 Å². The highest BCUT2D eigenvalue weighted by molar-refractivity contribution is 7.89. The molecule has 1 fully saturated rings. The summed E-state index contributed by atoms with van der Waals surface area (Å²) in [4.78, 5) is 15.3. The van der Waals surface area contributed by atoms with Crippen molar-refractivity contribution < 1.29 is 17.9 Å². The number of carbonyl (C=O) groups is 1. The fourth-order valence-electron chi connectivity index (χ4n) is 5.10. The Balaban J connectivity index is 1.23. The van der Waals surface area contributed by atoms with Crippen LogP contribution in [-0.4, -0.2) is 56.3 Å². The summed E-state index contributed by atoms with van der Waals surface area (Å²) in [5.41, 5.74) is 3.37. The van der Waals surface area contributed by atoms with Crippen LogP contribution in [0.1, 0.15) is 40.9 Å². The second-order valence-corrected chi connectivity index (χ2v) is 12.0. The largest absolute Gasteiger partial charge is 0.494 e. The van der Waals surface area contributed by atoms with E-state index < -0.39 is 10.0 Å². The molecule has 8 heteroatoms. The standard InChI is InChI=1S/C33H35N3O4S/c1-2-24-40-30-15-9-14-28(25-30)33(37)34-29-16-18-31(19-17-29)41(38,39)36-22-20-35(21-23-36)32(26-10-5-3-6-11-26)27-12-7-4-8-13-27/h3-19,25,32H,2,20-24H2,1H3,(H,34,37). The Morgan fingerprint density at radius 1 is 0.805 bits per heavy atom. The predicted molar refractivity (Wildman–Crippen MR) is 162 cm³/mol. The van der Waals surface area contributed by atoms with Crippen LogP contribution in [-0.2, 0) is 10.0 Å². The van der Waals surface area contributed by atoms with Gasteiger partial charge in [-0.05, 0) is 60.0 Å². The first-order valence-corrected chi connectivity index (χ1v) is 15.4. The lowest BCUT2D eigenvalue weighted by atomic mass is 9.96. The van der Waals surface area contributed by atoms with Gasteiger partial charge in [-0.3, -0.25) is 9.69 Å². The molecule has 1 aliphatic heterocycles. The molecule has 41 heavy (non-hydrogen) atoms. The highest BCUT2D eigenvalue weighted by Crippen LogP contribution is 2.30. The van der Waals surface area contributed by atoms with E-state index >= 15 is 0 Å². The molecule has 1 aliphatic rings. The van der Waals surface area contributed by atoms with Gasteiger partial charge in [0.15, 0.2) is 0 Å². The Hall–Kier alpha value is -3.98. The minimum Gasteiger partial charge on any atom is -0.494 e. The lowest BCUT2D eigenvalue weighted by molar-refractivity contribution is 0.102. The third kappa shape index (κ3) is 6.85. The van der Waals surface area contributed by atoms with Crippen LogP contribution in [0.4, 0.5) is 5.69 Å². The number of piperazine rings is 1. The number of amides is 1. The highest BCUT2D eigenvalue weighted by atomic mass is 32.2. The van der Waals surface area contributed by atoms with Crippen LogP contribution in [0.3, 0.4) is 0 Å². The van der Waals surface area contributed by atoms with E-state index in [1.807, 2.05) is 49.4 Å². The smallest absolute Gasteiger partial charge is 0.255 e. The van der Waals surface area contributed by atoms with Crippen molar-refractivity contribution in [1.82, 2.24) is 9.21 Å². The second-order valence-electron chi connectivity index (χ2n) is 10.0. The van der Waals surface area contributed by atoms with Crippen LogP contribution >= 0.6 is 0 Å². The SMILES string of the molecule is CCCOc1cccc(C(=O)Nc2ccc(S(=O)(=O)N3CCN(C(c4ccccc4)c4ccccc4)CC3)cc2)c1. The third-order valence-electron chi connectivity index (χ3n) is 7.19. The third-order valence-corrected chi connectivity index (χ3v) is 9.10. The van der Waals surface area contributed by atoms with Crippen molar-refractivity contribution in [3.05, 3.63) is 126 Å². The molecule has 5 rings (SSSR count). The van der Waals surface area contributed by atoms with Crippen LogP contribution in [0.5, 0.6) is 5.75 Å². The van der Waals surface area contributed by atoms with Crippen LogP contribution in [0.25, 0.3) is 0 Å². The summed E-state index contributed by atoms with van der Waals surface area (Å²) >= 11 is 0. The number of ether oxygens (including phenoxy) is 1. The summed E-state index contributed by atoms with van der Waals surface area (Å²) in [6.45, 7) is 4.62. The fourth-order valence-corrected chi connectivity index (χ4v) is 6.52. The van der Waals surface area contributed by atoms with Crippen LogP contribution < -0.4 is 10.1 Å². The summed E-state index contributed by atoms with van der Waals surface area (Å²) in [7, 11) is -3.67. The summed E-state index contributed by atoms with van der Waals surface area (Å²) in [6.07, 6.45) is 0.878. The number of rotatable bonds is 10. The number of hydrogen-bond acceptors (Lipinski definition) is 5. The fraction of sp³-hybridized carbons (Fsp3) is 0.242. The summed E-state index contributed by atoms with van der Waals surface area (Å²) in [6, 6.07) is 34.1. The minimum atomic E-state index is -3.67. The Bertz CT molecular complexity index is 1500. The zero-order valence-electron chi connectivity index (χ0n) is 23.1. The van der Waals surface area contributed by atoms with E-state index in [0.717, 1.165) is 6.42 Å². The van der Waals surface area contributed by atoms with Gasteiger partial charge in [0.25, 0.3) is 5.91 Å². The molecule has 0 bridgehead atoms. The van der Waals surface area contributed by atoms with E-state index in [1.165, 1.54) is 11.1 Å². The maximum Gasteiger partial charge on any atom is 0.255 e.